The average molecular weight is 332 g/mol. The summed E-state index contributed by atoms with van der Waals surface area (Å²) < 4.78 is 13.8. The van der Waals surface area contributed by atoms with Gasteiger partial charge in [0.1, 0.15) is 5.82 Å². The molecule has 0 spiro atoms. The number of carbonyl (C=O) groups excluding carboxylic acids is 1. The van der Waals surface area contributed by atoms with Crippen LogP contribution in [0, 0.1) is 11.7 Å². The van der Waals surface area contributed by atoms with Gasteiger partial charge in [-0.15, -0.1) is 0 Å². The first-order valence-corrected chi connectivity index (χ1v) is 9.35. The minimum Gasteiger partial charge on any atom is -0.340 e. The summed E-state index contributed by atoms with van der Waals surface area (Å²) >= 11 is 0. The number of likely N-dealkylation sites (N-methyl/N-ethyl adjacent to an activating group) is 1. The number of hydrogen-bond acceptors (Lipinski definition) is 2. The highest BCUT2D eigenvalue weighted by Crippen LogP contribution is 2.31. The average Bonchev–Trinajstić information content (AvgIpc) is 3.42. The van der Waals surface area contributed by atoms with Crippen molar-refractivity contribution in [2.45, 2.75) is 57.5 Å². The van der Waals surface area contributed by atoms with Crippen LogP contribution in [0.1, 0.15) is 50.5 Å². The molecule has 0 N–H and O–H groups in total. The first-order chi connectivity index (χ1) is 11.6. The van der Waals surface area contributed by atoms with Gasteiger partial charge in [0.05, 0.1) is 6.54 Å². The van der Waals surface area contributed by atoms with Crippen LogP contribution in [0.4, 0.5) is 4.39 Å². The molecular formula is C20H29FN2O. The number of hydrogen-bond donors (Lipinski definition) is 0. The fraction of sp³-hybridized carbons (Fsp3) is 0.650. The molecule has 2 aliphatic carbocycles. The summed E-state index contributed by atoms with van der Waals surface area (Å²) in [6, 6.07) is 7.29. The second-order valence-corrected chi connectivity index (χ2v) is 7.51. The maximum Gasteiger partial charge on any atom is 0.236 e. The summed E-state index contributed by atoms with van der Waals surface area (Å²) in [4.78, 5) is 16.7. The van der Waals surface area contributed by atoms with Crippen molar-refractivity contribution in [2.75, 3.05) is 20.1 Å². The molecule has 2 fully saturated rings. The minimum atomic E-state index is -0.238. The zero-order valence-corrected chi connectivity index (χ0v) is 14.7. The lowest BCUT2D eigenvalue weighted by atomic mass is 9.89. The predicted octanol–water partition coefficient (Wildman–Crippen LogP) is 3.83. The van der Waals surface area contributed by atoms with Crippen molar-refractivity contribution in [1.82, 2.24) is 9.80 Å². The summed E-state index contributed by atoms with van der Waals surface area (Å²) in [7, 11) is 1.78. The van der Waals surface area contributed by atoms with Crippen LogP contribution >= 0.6 is 0 Å². The van der Waals surface area contributed by atoms with E-state index >= 15 is 0 Å². The topological polar surface area (TPSA) is 23.6 Å². The van der Waals surface area contributed by atoms with E-state index in [1.165, 1.54) is 51.0 Å². The molecule has 0 aliphatic heterocycles. The molecule has 0 bridgehead atoms. The van der Waals surface area contributed by atoms with Gasteiger partial charge in [-0.25, -0.2) is 4.39 Å². The third kappa shape index (κ3) is 4.79. The van der Waals surface area contributed by atoms with Crippen LogP contribution in [0.15, 0.2) is 24.3 Å². The molecule has 1 aromatic carbocycles. The van der Waals surface area contributed by atoms with Gasteiger partial charge in [0.25, 0.3) is 0 Å². The Morgan fingerprint density at radius 1 is 1.12 bits per heavy atom. The Morgan fingerprint density at radius 2 is 1.83 bits per heavy atom. The molecular weight excluding hydrogens is 303 g/mol. The van der Waals surface area contributed by atoms with Crippen LogP contribution in [-0.4, -0.2) is 41.9 Å². The molecule has 0 unspecified atom stereocenters. The largest absolute Gasteiger partial charge is 0.340 e. The van der Waals surface area contributed by atoms with E-state index in [1.54, 1.807) is 24.1 Å². The van der Waals surface area contributed by atoms with E-state index in [0.29, 0.717) is 24.7 Å². The molecule has 2 saturated carbocycles. The quantitative estimate of drug-likeness (QED) is 0.758. The fourth-order valence-corrected chi connectivity index (χ4v) is 3.75. The van der Waals surface area contributed by atoms with Gasteiger partial charge in [0, 0.05) is 31.7 Å². The van der Waals surface area contributed by atoms with Crippen molar-refractivity contribution in [3.8, 4) is 0 Å². The van der Waals surface area contributed by atoms with Gasteiger partial charge in [-0.2, -0.15) is 0 Å². The summed E-state index contributed by atoms with van der Waals surface area (Å²) in [5.74, 6) is 0.614. The molecule has 1 aromatic rings. The molecule has 2 aliphatic rings. The Kier molecular flexibility index (Phi) is 5.88. The second-order valence-electron chi connectivity index (χ2n) is 7.51. The molecule has 3 rings (SSSR count). The Hall–Kier alpha value is -1.42. The lowest BCUT2D eigenvalue weighted by Gasteiger charge is -2.30. The Morgan fingerprint density at radius 3 is 2.50 bits per heavy atom. The lowest BCUT2D eigenvalue weighted by molar-refractivity contribution is -0.132. The molecule has 0 aromatic heterocycles. The highest BCUT2D eigenvalue weighted by molar-refractivity contribution is 5.78. The van der Waals surface area contributed by atoms with E-state index in [4.69, 9.17) is 0 Å². The van der Waals surface area contributed by atoms with Crippen molar-refractivity contribution in [3.05, 3.63) is 35.6 Å². The third-order valence-corrected chi connectivity index (χ3v) is 5.41. The number of rotatable bonds is 7. The molecule has 132 valence electrons. The number of amides is 1. The smallest absolute Gasteiger partial charge is 0.236 e. The van der Waals surface area contributed by atoms with Gasteiger partial charge in [0.15, 0.2) is 0 Å². The van der Waals surface area contributed by atoms with Crippen LogP contribution in [0.25, 0.3) is 0 Å². The number of nitrogens with zero attached hydrogens (tertiary/aromatic N) is 2. The van der Waals surface area contributed by atoms with Gasteiger partial charge in [-0.3, -0.25) is 9.69 Å². The number of benzene rings is 1. The molecule has 4 heteroatoms. The molecule has 3 nitrogen and oxygen atoms in total. The van der Waals surface area contributed by atoms with Crippen LogP contribution < -0.4 is 0 Å². The van der Waals surface area contributed by atoms with Crippen LogP contribution in [0.5, 0.6) is 0 Å². The van der Waals surface area contributed by atoms with E-state index in [9.17, 15) is 9.18 Å². The molecule has 24 heavy (non-hydrogen) atoms. The van der Waals surface area contributed by atoms with Crippen LogP contribution in [0.3, 0.4) is 0 Å². The third-order valence-electron chi connectivity index (χ3n) is 5.41. The normalized spacial score (nSPS) is 18.8. The Labute approximate surface area is 144 Å². The van der Waals surface area contributed by atoms with E-state index in [2.05, 4.69) is 4.90 Å². The van der Waals surface area contributed by atoms with Gasteiger partial charge < -0.3 is 4.90 Å². The molecule has 0 atom stereocenters. The van der Waals surface area contributed by atoms with Crippen molar-refractivity contribution >= 4 is 5.91 Å². The monoisotopic (exact) mass is 332 g/mol. The summed E-state index contributed by atoms with van der Waals surface area (Å²) in [6.45, 7) is 1.88. The van der Waals surface area contributed by atoms with E-state index < -0.39 is 0 Å². The Bertz CT molecular complexity index is 552. The zero-order valence-electron chi connectivity index (χ0n) is 14.7. The van der Waals surface area contributed by atoms with E-state index in [0.717, 1.165) is 12.5 Å². The van der Waals surface area contributed by atoms with Crippen molar-refractivity contribution in [1.29, 1.82) is 0 Å². The van der Waals surface area contributed by atoms with Crippen LogP contribution in [0.2, 0.25) is 0 Å². The fourth-order valence-electron chi connectivity index (χ4n) is 3.75. The number of halogens is 1. The first kappa shape index (κ1) is 17.4. The maximum atomic E-state index is 13.8. The minimum absolute atomic E-state index is 0.0981. The van der Waals surface area contributed by atoms with Gasteiger partial charge >= 0.3 is 0 Å². The van der Waals surface area contributed by atoms with Gasteiger partial charge in [-0.05, 0) is 37.7 Å². The van der Waals surface area contributed by atoms with Gasteiger partial charge in [0.2, 0.25) is 5.91 Å². The summed E-state index contributed by atoms with van der Waals surface area (Å²) in [6.07, 6.45) is 9.10. The predicted molar refractivity (Wildman–Crippen MR) is 94.0 cm³/mol. The SMILES string of the molecule is CN(Cc1ccccc1F)C(=O)CN(CC1CCCCC1)C1CC1. The standard InChI is InChI=1S/C20H29FN2O/c1-22(14-17-9-5-6-10-19(17)21)20(24)15-23(18-11-12-18)13-16-7-3-2-4-8-16/h5-6,9-10,16,18H,2-4,7-8,11-15H2,1H3. The zero-order chi connectivity index (χ0) is 16.9. The molecule has 0 radical (unpaired) electrons. The van der Waals surface area contributed by atoms with E-state index in [-0.39, 0.29) is 11.7 Å². The highest BCUT2D eigenvalue weighted by atomic mass is 19.1. The maximum absolute atomic E-state index is 13.8. The van der Waals surface area contributed by atoms with Crippen LogP contribution in [-0.2, 0) is 11.3 Å². The van der Waals surface area contributed by atoms with Crippen molar-refractivity contribution in [2.24, 2.45) is 5.92 Å². The highest BCUT2D eigenvalue weighted by Gasteiger charge is 2.32. The van der Waals surface area contributed by atoms with Gasteiger partial charge in [-0.1, -0.05) is 37.5 Å². The summed E-state index contributed by atoms with van der Waals surface area (Å²) in [5, 5.41) is 0. The number of carbonyl (C=O) groups is 1. The lowest BCUT2D eigenvalue weighted by Crippen LogP contribution is -2.41. The van der Waals surface area contributed by atoms with E-state index in [1.807, 2.05) is 6.07 Å². The van der Waals surface area contributed by atoms with Crippen molar-refractivity contribution in [3.63, 3.8) is 0 Å². The molecule has 0 heterocycles. The first-order valence-electron chi connectivity index (χ1n) is 9.35. The Balaban J connectivity index is 1.53. The van der Waals surface area contributed by atoms with Crippen molar-refractivity contribution < 1.29 is 9.18 Å². The molecule has 0 saturated heterocycles. The summed E-state index contributed by atoms with van der Waals surface area (Å²) in [5.41, 5.74) is 0.582. The second kappa shape index (κ2) is 8.11. The molecule has 1 amide bonds.